The third kappa shape index (κ3) is 2.91. The van der Waals surface area contributed by atoms with Gasteiger partial charge in [-0.25, -0.2) is 4.79 Å². The van der Waals surface area contributed by atoms with Crippen molar-refractivity contribution in [3.8, 4) is 0 Å². The average molecular weight is 196 g/mol. The minimum absolute atomic E-state index is 0.317. The zero-order chi connectivity index (χ0) is 10.4. The van der Waals surface area contributed by atoms with Crippen molar-refractivity contribution in [2.45, 2.75) is 31.8 Å². The lowest BCUT2D eigenvalue weighted by atomic mass is 9.95. The van der Waals surface area contributed by atoms with Crippen molar-refractivity contribution in [1.29, 1.82) is 0 Å². The van der Waals surface area contributed by atoms with Gasteiger partial charge in [0.1, 0.15) is 6.10 Å². The Kier molecular flexibility index (Phi) is 4.23. The zero-order valence-corrected chi connectivity index (χ0v) is 8.49. The summed E-state index contributed by atoms with van der Waals surface area (Å²) in [4.78, 5) is 10.9. The number of carbonyl (C=O) groups is 1. The molecule has 1 aliphatic carbocycles. The predicted octanol–water partition coefficient (Wildman–Crippen LogP) is 2.82. The summed E-state index contributed by atoms with van der Waals surface area (Å²) >= 11 is 0. The third-order valence-electron chi connectivity index (χ3n) is 2.30. The summed E-state index contributed by atoms with van der Waals surface area (Å²) in [7, 11) is 1.30. The Hall–Kier alpha value is -1.25. The van der Waals surface area contributed by atoms with Crippen LogP contribution < -0.4 is 0 Å². The van der Waals surface area contributed by atoms with E-state index >= 15 is 0 Å². The van der Waals surface area contributed by atoms with Crippen molar-refractivity contribution in [1.82, 2.24) is 0 Å². The Morgan fingerprint density at radius 1 is 1.64 bits per heavy atom. The van der Waals surface area contributed by atoms with Crippen molar-refractivity contribution >= 4 is 6.16 Å². The maximum atomic E-state index is 10.9. The molecule has 0 bridgehead atoms. The fourth-order valence-electron chi connectivity index (χ4n) is 1.55. The van der Waals surface area contributed by atoms with Gasteiger partial charge in [-0.15, -0.1) is 0 Å². The second-order valence-electron chi connectivity index (χ2n) is 3.25. The average Bonchev–Trinajstić information content (AvgIpc) is 2.26. The molecule has 0 spiro atoms. The molecule has 1 aliphatic rings. The molecule has 0 radical (unpaired) electrons. The maximum absolute atomic E-state index is 10.9. The number of hydrogen-bond acceptors (Lipinski definition) is 3. The lowest BCUT2D eigenvalue weighted by Crippen LogP contribution is -2.19. The summed E-state index contributed by atoms with van der Waals surface area (Å²) in [6, 6.07) is 0. The standard InChI is InChI=1S/C11H16O3/c1-3-10(14-11(12)13-2)9-7-5-4-6-8-9/h3,7,10H,1,4-6,8H2,2H3/t10-/m0/s1. The van der Waals surface area contributed by atoms with Crippen LogP contribution in [-0.4, -0.2) is 19.4 Å². The molecule has 78 valence electrons. The molecule has 0 aromatic rings. The van der Waals surface area contributed by atoms with E-state index in [0.29, 0.717) is 0 Å². The van der Waals surface area contributed by atoms with E-state index in [1.165, 1.54) is 13.5 Å². The maximum Gasteiger partial charge on any atom is 0.508 e. The quantitative estimate of drug-likeness (QED) is 0.514. The van der Waals surface area contributed by atoms with Crippen molar-refractivity contribution in [3.63, 3.8) is 0 Å². The molecule has 0 aliphatic heterocycles. The first-order chi connectivity index (χ1) is 6.77. The molecule has 3 heteroatoms. The number of methoxy groups -OCH3 is 1. The molecule has 1 atom stereocenters. The molecular formula is C11H16O3. The van der Waals surface area contributed by atoms with Gasteiger partial charge in [-0.05, 0) is 37.3 Å². The molecule has 3 nitrogen and oxygen atoms in total. The van der Waals surface area contributed by atoms with Gasteiger partial charge in [-0.1, -0.05) is 12.7 Å². The van der Waals surface area contributed by atoms with Gasteiger partial charge in [0, 0.05) is 0 Å². The number of ether oxygens (including phenoxy) is 2. The summed E-state index contributed by atoms with van der Waals surface area (Å²) in [5.74, 6) is 0. The molecule has 0 saturated carbocycles. The van der Waals surface area contributed by atoms with E-state index in [1.54, 1.807) is 6.08 Å². The first-order valence-corrected chi connectivity index (χ1v) is 4.84. The highest BCUT2D eigenvalue weighted by Gasteiger charge is 2.17. The molecule has 14 heavy (non-hydrogen) atoms. The van der Waals surface area contributed by atoms with Crippen LogP contribution >= 0.6 is 0 Å². The minimum Gasteiger partial charge on any atom is -0.438 e. The highest BCUT2D eigenvalue weighted by Crippen LogP contribution is 2.22. The second-order valence-corrected chi connectivity index (χ2v) is 3.25. The number of allylic oxidation sites excluding steroid dienone is 1. The van der Waals surface area contributed by atoms with Crippen LogP contribution in [0.5, 0.6) is 0 Å². The van der Waals surface area contributed by atoms with Crippen LogP contribution in [0.4, 0.5) is 4.79 Å². The lowest BCUT2D eigenvalue weighted by Gasteiger charge is -2.19. The third-order valence-corrected chi connectivity index (χ3v) is 2.30. The molecule has 0 amide bonds. The van der Waals surface area contributed by atoms with Crippen LogP contribution in [0.2, 0.25) is 0 Å². The van der Waals surface area contributed by atoms with Gasteiger partial charge in [0.25, 0.3) is 0 Å². The monoisotopic (exact) mass is 196 g/mol. The van der Waals surface area contributed by atoms with Gasteiger partial charge in [0.15, 0.2) is 0 Å². The zero-order valence-electron chi connectivity index (χ0n) is 8.49. The van der Waals surface area contributed by atoms with Crippen molar-refractivity contribution in [2.24, 2.45) is 0 Å². The predicted molar refractivity (Wildman–Crippen MR) is 54.0 cm³/mol. The molecule has 0 N–H and O–H groups in total. The normalized spacial score (nSPS) is 17.9. The van der Waals surface area contributed by atoms with Crippen LogP contribution in [0.3, 0.4) is 0 Å². The summed E-state index contributed by atoms with van der Waals surface area (Å²) in [5, 5.41) is 0. The van der Waals surface area contributed by atoms with E-state index in [4.69, 9.17) is 4.74 Å². The number of rotatable bonds is 3. The van der Waals surface area contributed by atoms with Crippen molar-refractivity contribution in [2.75, 3.05) is 7.11 Å². The summed E-state index contributed by atoms with van der Waals surface area (Å²) in [6.07, 6.45) is 7.20. The first kappa shape index (κ1) is 10.8. The Balaban J connectivity index is 2.56. The van der Waals surface area contributed by atoms with Crippen LogP contribution in [0, 0.1) is 0 Å². The van der Waals surface area contributed by atoms with E-state index in [2.05, 4.69) is 17.4 Å². The van der Waals surface area contributed by atoms with Gasteiger partial charge in [-0.3, -0.25) is 0 Å². The summed E-state index contributed by atoms with van der Waals surface area (Å²) in [5.41, 5.74) is 1.14. The van der Waals surface area contributed by atoms with E-state index in [0.717, 1.165) is 24.8 Å². The van der Waals surface area contributed by atoms with E-state index in [-0.39, 0.29) is 6.10 Å². The van der Waals surface area contributed by atoms with Gasteiger partial charge in [0.2, 0.25) is 0 Å². The Morgan fingerprint density at radius 2 is 2.43 bits per heavy atom. The largest absolute Gasteiger partial charge is 0.508 e. The molecule has 1 rings (SSSR count). The lowest BCUT2D eigenvalue weighted by molar-refractivity contribution is 0.0610. The molecule has 0 heterocycles. The molecule has 0 aromatic carbocycles. The highest BCUT2D eigenvalue weighted by molar-refractivity contribution is 5.60. The highest BCUT2D eigenvalue weighted by atomic mass is 16.7. The molecule has 0 aromatic heterocycles. The van der Waals surface area contributed by atoms with E-state index in [9.17, 15) is 4.79 Å². The fourth-order valence-corrected chi connectivity index (χ4v) is 1.55. The topological polar surface area (TPSA) is 35.5 Å². The van der Waals surface area contributed by atoms with Gasteiger partial charge in [-0.2, -0.15) is 0 Å². The molecule has 0 fully saturated rings. The van der Waals surface area contributed by atoms with Gasteiger partial charge >= 0.3 is 6.16 Å². The Labute approximate surface area is 84.4 Å². The van der Waals surface area contributed by atoms with Crippen molar-refractivity contribution < 1.29 is 14.3 Å². The fraction of sp³-hybridized carbons (Fsp3) is 0.545. The summed E-state index contributed by atoms with van der Waals surface area (Å²) < 4.78 is 9.48. The van der Waals surface area contributed by atoms with E-state index in [1.807, 2.05) is 0 Å². The van der Waals surface area contributed by atoms with Gasteiger partial charge in [0.05, 0.1) is 7.11 Å². The smallest absolute Gasteiger partial charge is 0.438 e. The van der Waals surface area contributed by atoms with Crippen LogP contribution in [0.1, 0.15) is 25.7 Å². The second kappa shape index (κ2) is 5.47. The summed E-state index contributed by atoms with van der Waals surface area (Å²) in [6.45, 7) is 3.65. The van der Waals surface area contributed by atoms with Crippen molar-refractivity contribution in [3.05, 3.63) is 24.3 Å². The van der Waals surface area contributed by atoms with Gasteiger partial charge < -0.3 is 9.47 Å². The van der Waals surface area contributed by atoms with Crippen LogP contribution in [0.25, 0.3) is 0 Å². The molecule has 0 saturated heterocycles. The molecule has 0 unspecified atom stereocenters. The minimum atomic E-state index is -0.652. The number of hydrogen-bond donors (Lipinski definition) is 0. The first-order valence-electron chi connectivity index (χ1n) is 4.84. The van der Waals surface area contributed by atoms with E-state index < -0.39 is 6.16 Å². The Morgan fingerprint density at radius 3 is 2.93 bits per heavy atom. The molecular weight excluding hydrogens is 180 g/mol. The van der Waals surface area contributed by atoms with Crippen LogP contribution in [0.15, 0.2) is 24.3 Å². The number of carbonyl (C=O) groups excluding carboxylic acids is 1. The van der Waals surface area contributed by atoms with Crippen LogP contribution in [-0.2, 0) is 9.47 Å². The Bertz CT molecular complexity index is 243. The SMILES string of the molecule is C=C[C@H](OC(=O)OC)C1=CCCCC1.